The number of furan rings is 1. The van der Waals surface area contributed by atoms with E-state index in [1.807, 2.05) is 36.4 Å². The number of rotatable bonds is 2. The summed E-state index contributed by atoms with van der Waals surface area (Å²) in [6.07, 6.45) is 2.84. The zero-order chi connectivity index (χ0) is 18.5. The van der Waals surface area contributed by atoms with Crippen LogP contribution in [0.4, 0.5) is 5.00 Å². The first-order valence-electron chi connectivity index (χ1n) is 9.16. The van der Waals surface area contributed by atoms with E-state index < -0.39 is 0 Å². The molecule has 1 aliphatic heterocycles. The highest BCUT2D eigenvalue weighted by atomic mass is 35.5. The van der Waals surface area contributed by atoms with E-state index in [0.717, 1.165) is 41.2 Å². The fourth-order valence-electron chi connectivity index (χ4n) is 3.88. The summed E-state index contributed by atoms with van der Waals surface area (Å²) in [6.45, 7) is 2.28. The molecule has 2 N–H and O–H groups in total. The molecule has 0 saturated carbocycles. The number of anilines is 1. The molecular weight excluding hydrogens is 380 g/mol. The van der Waals surface area contributed by atoms with Crippen molar-refractivity contribution in [1.29, 1.82) is 0 Å². The van der Waals surface area contributed by atoms with Crippen LogP contribution in [-0.2, 0) is 12.8 Å². The number of hydrogen-bond acceptors (Lipinski definition) is 4. The molecule has 2 aromatic heterocycles. The van der Waals surface area contributed by atoms with Crippen LogP contribution in [0.2, 0.25) is 5.02 Å². The van der Waals surface area contributed by atoms with E-state index in [1.54, 1.807) is 11.3 Å². The van der Waals surface area contributed by atoms with Gasteiger partial charge in [0, 0.05) is 15.5 Å². The molecule has 138 valence electrons. The van der Waals surface area contributed by atoms with Crippen molar-refractivity contribution in [3.05, 3.63) is 63.2 Å². The second kappa shape index (κ2) is 6.43. The van der Waals surface area contributed by atoms with Crippen LogP contribution in [0.5, 0.6) is 0 Å². The minimum absolute atomic E-state index is 0.00903. The topological polar surface area (TPSA) is 54.3 Å². The molecule has 3 aromatic rings. The van der Waals surface area contributed by atoms with Gasteiger partial charge in [0.2, 0.25) is 0 Å². The van der Waals surface area contributed by atoms with E-state index in [0.29, 0.717) is 16.7 Å². The highest BCUT2D eigenvalue weighted by Crippen LogP contribution is 2.42. The van der Waals surface area contributed by atoms with Crippen LogP contribution >= 0.6 is 22.9 Å². The third kappa shape index (κ3) is 2.95. The van der Waals surface area contributed by atoms with Gasteiger partial charge in [-0.1, -0.05) is 18.5 Å². The van der Waals surface area contributed by atoms with Gasteiger partial charge in [-0.15, -0.1) is 11.3 Å². The molecule has 5 rings (SSSR count). The van der Waals surface area contributed by atoms with Crippen LogP contribution in [0.25, 0.3) is 11.3 Å². The number of carbonyl (C=O) groups excluding carboxylic acids is 1. The van der Waals surface area contributed by atoms with Gasteiger partial charge < -0.3 is 15.1 Å². The SMILES string of the molecule is C[C@H]1CCc2c(sc3c2C(=O)N[C@@H](c2ccc(-c4ccc(Cl)cc4)o2)N3)C1. The van der Waals surface area contributed by atoms with Gasteiger partial charge in [0.05, 0.1) is 5.56 Å². The number of halogens is 1. The summed E-state index contributed by atoms with van der Waals surface area (Å²) in [7, 11) is 0. The van der Waals surface area contributed by atoms with Crippen molar-refractivity contribution in [2.75, 3.05) is 5.32 Å². The second-order valence-corrected chi connectivity index (χ2v) is 8.86. The molecule has 3 heterocycles. The summed E-state index contributed by atoms with van der Waals surface area (Å²) in [5.74, 6) is 2.12. The summed E-state index contributed by atoms with van der Waals surface area (Å²) >= 11 is 7.68. The summed E-state index contributed by atoms with van der Waals surface area (Å²) in [5, 5.41) is 8.17. The van der Waals surface area contributed by atoms with E-state index in [2.05, 4.69) is 17.6 Å². The third-order valence-electron chi connectivity index (χ3n) is 5.33. The molecule has 0 radical (unpaired) electrons. The van der Waals surface area contributed by atoms with E-state index in [-0.39, 0.29) is 12.1 Å². The Morgan fingerprint density at radius 1 is 1.15 bits per heavy atom. The fourth-order valence-corrected chi connectivity index (χ4v) is 5.44. The number of hydrogen-bond donors (Lipinski definition) is 2. The fraction of sp³-hybridized carbons (Fsp3) is 0.286. The largest absolute Gasteiger partial charge is 0.457 e. The van der Waals surface area contributed by atoms with Crippen molar-refractivity contribution in [3.63, 3.8) is 0 Å². The van der Waals surface area contributed by atoms with E-state index in [9.17, 15) is 4.79 Å². The molecule has 0 unspecified atom stereocenters. The van der Waals surface area contributed by atoms with Crippen LogP contribution in [0, 0.1) is 5.92 Å². The Bertz CT molecular complexity index is 1020. The van der Waals surface area contributed by atoms with Gasteiger partial charge in [-0.2, -0.15) is 0 Å². The smallest absolute Gasteiger partial charge is 0.256 e. The Morgan fingerprint density at radius 3 is 2.78 bits per heavy atom. The molecule has 1 amide bonds. The summed E-state index contributed by atoms with van der Waals surface area (Å²) < 4.78 is 6.02. The Kier molecular flexibility index (Phi) is 4.02. The lowest BCUT2D eigenvalue weighted by Crippen LogP contribution is -2.38. The Morgan fingerprint density at radius 2 is 1.96 bits per heavy atom. The van der Waals surface area contributed by atoms with Crippen molar-refractivity contribution < 1.29 is 9.21 Å². The molecule has 0 fully saturated rings. The zero-order valence-corrected chi connectivity index (χ0v) is 16.4. The van der Waals surface area contributed by atoms with Crippen LogP contribution in [-0.4, -0.2) is 5.91 Å². The Balaban J connectivity index is 1.44. The van der Waals surface area contributed by atoms with Gasteiger partial charge >= 0.3 is 0 Å². The first-order valence-corrected chi connectivity index (χ1v) is 10.4. The Hall–Kier alpha value is -2.24. The lowest BCUT2D eigenvalue weighted by molar-refractivity contribution is 0.0930. The molecule has 2 atom stereocenters. The molecule has 2 aliphatic rings. The highest BCUT2D eigenvalue weighted by Gasteiger charge is 2.34. The van der Waals surface area contributed by atoms with Crippen LogP contribution in [0.3, 0.4) is 0 Å². The second-order valence-electron chi connectivity index (χ2n) is 7.32. The number of nitrogens with one attached hydrogen (secondary N) is 2. The number of carbonyl (C=O) groups is 1. The average molecular weight is 399 g/mol. The molecule has 0 saturated heterocycles. The minimum Gasteiger partial charge on any atom is -0.457 e. The maximum Gasteiger partial charge on any atom is 0.256 e. The van der Waals surface area contributed by atoms with Gasteiger partial charge in [-0.05, 0) is 67.1 Å². The number of amides is 1. The van der Waals surface area contributed by atoms with Gasteiger partial charge in [0.25, 0.3) is 5.91 Å². The standard InChI is InChI=1S/C21H19ClN2O2S/c1-11-2-7-14-17(10-11)27-21-18(14)20(25)23-19(24-21)16-9-8-15(26-16)12-3-5-13(22)6-4-12/h3-6,8-9,11,19,24H,2,7,10H2,1H3,(H,23,25)/t11-,19+/m0/s1. The molecule has 27 heavy (non-hydrogen) atoms. The van der Waals surface area contributed by atoms with E-state index in [4.69, 9.17) is 16.0 Å². The molecule has 6 heteroatoms. The first kappa shape index (κ1) is 16.9. The number of thiophene rings is 1. The van der Waals surface area contributed by atoms with Gasteiger partial charge in [0.15, 0.2) is 6.17 Å². The van der Waals surface area contributed by atoms with Crippen molar-refractivity contribution >= 4 is 33.8 Å². The molecular formula is C21H19ClN2O2S. The predicted octanol–water partition coefficient (Wildman–Crippen LogP) is 5.64. The van der Waals surface area contributed by atoms with Crippen LogP contribution in [0.1, 0.15) is 46.1 Å². The third-order valence-corrected chi connectivity index (χ3v) is 6.77. The predicted molar refractivity (Wildman–Crippen MR) is 108 cm³/mol. The first-order chi connectivity index (χ1) is 13.1. The maximum atomic E-state index is 12.8. The monoisotopic (exact) mass is 398 g/mol. The normalized spacial score (nSPS) is 21.2. The van der Waals surface area contributed by atoms with Crippen molar-refractivity contribution in [2.24, 2.45) is 5.92 Å². The van der Waals surface area contributed by atoms with Crippen molar-refractivity contribution in [3.8, 4) is 11.3 Å². The average Bonchev–Trinajstić information content (AvgIpc) is 3.26. The minimum atomic E-state index is -0.358. The number of fused-ring (bicyclic) bond motifs is 3. The van der Waals surface area contributed by atoms with Crippen molar-refractivity contribution in [1.82, 2.24) is 5.32 Å². The lowest BCUT2D eigenvalue weighted by atomic mass is 9.88. The van der Waals surface area contributed by atoms with Gasteiger partial charge in [0.1, 0.15) is 16.5 Å². The molecule has 4 nitrogen and oxygen atoms in total. The summed E-state index contributed by atoms with van der Waals surface area (Å²) in [4.78, 5) is 14.1. The maximum absolute atomic E-state index is 12.8. The lowest BCUT2D eigenvalue weighted by Gasteiger charge is -2.25. The summed E-state index contributed by atoms with van der Waals surface area (Å²) in [6, 6.07) is 11.3. The van der Waals surface area contributed by atoms with Crippen molar-refractivity contribution in [2.45, 2.75) is 32.4 Å². The van der Waals surface area contributed by atoms with Gasteiger partial charge in [-0.3, -0.25) is 4.79 Å². The number of benzene rings is 1. The molecule has 0 bridgehead atoms. The van der Waals surface area contributed by atoms with Gasteiger partial charge in [-0.25, -0.2) is 0 Å². The quantitative estimate of drug-likeness (QED) is 0.587. The molecule has 1 aromatic carbocycles. The van der Waals surface area contributed by atoms with E-state index in [1.165, 1.54) is 10.4 Å². The highest BCUT2D eigenvalue weighted by molar-refractivity contribution is 7.16. The zero-order valence-electron chi connectivity index (χ0n) is 14.8. The Labute approximate surface area is 166 Å². The van der Waals surface area contributed by atoms with Crippen LogP contribution < -0.4 is 10.6 Å². The summed E-state index contributed by atoms with van der Waals surface area (Å²) in [5.41, 5.74) is 3.02. The van der Waals surface area contributed by atoms with Crippen LogP contribution in [0.15, 0.2) is 40.8 Å². The molecule has 0 spiro atoms. The van der Waals surface area contributed by atoms with E-state index >= 15 is 0 Å². The molecule has 1 aliphatic carbocycles.